The zero-order valence-corrected chi connectivity index (χ0v) is 16.3. The fourth-order valence-corrected chi connectivity index (χ4v) is 4.16. The maximum atomic E-state index is 12.5. The first-order chi connectivity index (χ1) is 12.0. The molecule has 0 aliphatic carbocycles. The van der Waals surface area contributed by atoms with Gasteiger partial charge in [-0.25, -0.2) is 9.97 Å². The van der Waals surface area contributed by atoms with Gasteiger partial charge in [0.2, 0.25) is 5.91 Å². The van der Waals surface area contributed by atoms with E-state index in [0.29, 0.717) is 12.3 Å². The number of nitrogens with zero attached hydrogens (tertiary/aromatic N) is 4. The highest BCUT2D eigenvalue weighted by Crippen LogP contribution is 2.29. The molecule has 5 nitrogen and oxygen atoms in total. The molecule has 134 valence electrons. The topological polar surface area (TPSA) is 49.3 Å². The van der Waals surface area contributed by atoms with Gasteiger partial charge in [0, 0.05) is 42.3 Å². The summed E-state index contributed by atoms with van der Waals surface area (Å²) in [7, 11) is 0. The molecule has 0 spiro atoms. The summed E-state index contributed by atoms with van der Waals surface area (Å²) in [5.41, 5.74) is 2.29. The Morgan fingerprint density at radius 2 is 1.92 bits per heavy atom. The lowest BCUT2D eigenvalue weighted by molar-refractivity contribution is -0.130. The van der Waals surface area contributed by atoms with Gasteiger partial charge in [-0.15, -0.1) is 11.3 Å². The first-order valence-electron chi connectivity index (χ1n) is 8.86. The van der Waals surface area contributed by atoms with E-state index in [-0.39, 0.29) is 5.91 Å². The summed E-state index contributed by atoms with van der Waals surface area (Å²) in [5.74, 6) is 2.47. The number of carbonyl (C=O) groups excluding carboxylic acids is 1. The fourth-order valence-electron chi connectivity index (χ4n) is 3.46. The van der Waals surface area contributed by atoms with Crippen LogP contribution in [0, 0.1) is 13.8 Å². The van der Waals surface area contributed by atoms with E-state index in [0.717, 1.165) is 48.4 Å². The molecule has 0 atom stereocenters. The molecule has 1 fully saturated rings. The molecule has 3 heterocycles. The van der Waals surface area contributed by atoms with Crippen LogP contribution < -0.4 is 4.90 Å². The summed E-state index contributed by atoms with van der Waals surface area (Å²) in [6.45, 7) is 11.5. The highest BCUT2D eigenvalue weighted by molar-refractivity contribution is 7.10. The molecule has 1 aliphatic heterocycles. The first-order valence-corrected chi connectivity index (χ1v) is 9.74. The Morgan fingerprint density at radius 1 is 1.20 bits per heavy atom. The molecule has 2 aromatic rings. The number of carbonyl (C=O) groups is 1. The third-order valence-corrected chi connectivity index (χ3v) is 5.52. The van der Waals surface area contributed by atoms with Crippen molar-refractivity contribution in [2.24, 2.45) is 0 Å². The molecule has 0 aromatic carbocycles. The second-order valence-electron chi connectivity index (χ2n) is 6.87. The minimum absolute atomic E-state index is 0.223. The molecule has 0 unspecified atom stereocenters. The van der Waals surface area contributed by atoms with Crippen molar-refractivity contribution in [1.29, 1.82) is 0 Å². The van der Waals surface area contributed by atoms with Gasteiger partial charge in [0.1, 0.15) is 11.6 Å². The van der Waals surface area contributed by atoms with Crippen LogP contribution in [0.2, 0.25) is 0 Å². The lowest BCUT2D eigenvalue weighted by atomic mass is 10.0. The number of piperazine rings is 1. The van der Waals surface area contributed by atoms with Crippen LogP contribution in [0.1, 0.15) is 41.7 Å². The summed E-state index contributed by atoms with van der Waals surface area (Å²) in [6, 6.07) is 4.03. The molecule has 6 heteroatoms. The average Bonchev–Trinajstić information content (AvgIpc) is 3.06. The fraction of sp³-hybridized carbons (Fsp3) is 0.526. The number of anilines is 1. The molecule has 1 amide bonds. The first kappa shape index (κ1) is 17.9. The molecule has 1 saturated heterocycles. The van der Waals surface area contributed by atoms with Crippen molar-refractivity contribution >= 4 is 23.1 Å². The monoisotopic (exact) mass is 358 g/mol. The summed E-state index contributed by atoms with van der Waals surface area (Å²) in [5, 5.41) is 2.02. The van der Waals surface area contributed by atoms with E-state index in [4.69, 9.17) is 4.98 Å². The van der Waals surface area contributed by atoms with Crippen molar-refractivity contribution in [3.63, 3.8) is 0 Å². The third kappa shape index (κ3) is 4.00. The predicted octanol–water partition coefficient (Wildman–Crippen LogP) is 3.17. The molecule has 0 radical (unpaired) electrons. The Morgan fingerprint density at radius 3 is 2.52 bits per heavy atom. The Kier molecular flexibility index (Phi) is 5.37. The lowest BCUT2D eigenvalue weighted by Crippen LogP contribution is -2.49. The molecule has 0 bridgehead atoms. The molecule has 25 heavy (non-hydrogen) atoms. The Bertz CT molecular complexity index is 734. The number of amides is 1. The second-order valence-corrected chi connectivity index (χ2v) is 7.90. The number of aryl methyl sites for hydroxylation is 2. The van der Waals surface area contributed by atoms with Crippen LogP contribution in [0.5, 0.6) is 0 Å². The number of thiophene rings is 1. The lowest BCUT2D eigenvalue weighted by Gasteiger charge is -2.37. The molecule has 1 aliphatic rings. The molecule has 0 N–H and O–H groups in total. The quantitative estimate of drug-likeness (QED) is 0.842. The van der Waals surface area contributed by atoms with Crippen LogP contribution in [0.15, 0.2) is 17.5 Å². The van der Waals surface area contributed by atoms with Gasteiger partial charge in [0.25, 0.3) is 0 Å². The number of rotatable bonds is 4. The van der Waals surface area contributed by atoms with Crippen LogP contribution in [-0.4, -0.2) is 47.0 Å². The maximum Gasteiger partial charge on any atom is 0.227 e. The highest BCUT2D eigenvalue weighted by atomic mass is 32.1. The summed E-state index contributed by atoms with van der Waals surface area (Å²) >= 11 is 1.65. The number of aromatic nitrogens is 2. The number of hydrogen-bond donors (Lipinski definition) is 0. The summed E-state index contributed by atoms with van der Waals surface area (Å²) < 4.78 is 0. The molecule has 3 rings (SSSR count). The van der Waals surface area contributed by atoms with Gasteiger partial charge >= 0.3 is 0 Å². The van der Waals surface area contributed by atoms with E-state index >= 15 is 0 Å². The average molecular weight is 359 g/mol. The smallest absolute Gasteiger partial charge is 0.227 e. The van der Waals surface area contributed by atoms with Gasteiger partial charge < -0.3 is 9.80 Å². The molecule has 0 saturated carbocycles. The third-order valence-electron chi connectivity index (χ3n) is 4.64. The van der Waals surface area contributed by atoms with Crippen LogP contribution in [-0.2, 0) is 11.2 Å². The molecule has 2 aromatic heterocycles. The van der Waals surface area contributed by atoms with Gasteiger partial charge in [0.05, 0.1) is 6.42 Å². The maximum absolute atomic E-state index is 12.5. The zero-order chi connectivity index (χ0) is 18.0. The van der Waals surface area contributed by atoms with Crippen molar-refractivity contribution in [2.45, 2.75) is 40.0 Å². The van der Waals surface area contributed by atoms with E-state index in [1.807, 2.05) is 29.3 Å². The largest absolute Gasteiger partial charge is 0.353 e. The van der Waals surface area contributed by atoms with Crippen LogP contribution in [0.3, 0.4) is 0 Å². The Labute approximate surface area is 153 Å². The van der Waals surface area contributed by atoms with Gasteiger partial charge in [-0.3, -0.25) is 4.79 Å². The summed E-state index contributed by atoms with van der Waals surface area (Å²) in [4.78, 5) is 27.2. The zero-order valence-electron chi connectivity index (χ0n) is 15.5. The standard InChI is InChI=1S/C19H26N4OS/c1-13(2)18-14(3)20-15(4)21-19(18)23-9-7-22(8-10-23)17(24)12-16-6-5-11-25-16/h5-6,11,13H,7-10,12H2,1-4H3. The van der Waals surface area contributed by atoms with Crippen LogP contribution in [0.4, 0.5) is 5.82 Å². The van der Waals surface area contributed by atoms with Crippen molar-refractivity contribution < 1.29 is 4.79 Å². The minimum Gasteiger partial charge on any atom is -0.353 e. The molecular formula is C19H26N4OS. The van der Waals surface area contributed by atoms with E-state index in [2.05, 4.69) is 30.7 Å². The van der Waals surface area contributed by atoms with E-state index in [1.54, 1.807) is 11.3 Å². The van der Waals surface area contributed by atoms with Crippen molar-refractivity contribution in [2.75, 3.05) is 31.1 Å². The normalized spacial score (nSPS) is 15.1. The van der Waals surface area contributed by atoms with Gasteiger partial charge in [-0.1, -0.05) is 19.9 Å². The van der Waals surface area contributed by atoms with Gasteiger partial charge in [-0.2, -0.15) is 0 Å². The molecular weight excluding hydrogens is 332 g/mol. The van der Waals surface area contributed by atoms with Gasteiger partial charge in [0.15, 0.2) is 0 Å². The SMILES string of the molecule is Cc1nc(C)c(C(C)C)c(N2CCN(C(=O)Cc3cccs3)CC2)n1. The van der Waals surface area contributed by atoms with Crippen molar-refractivity contribution in [1.82, 2.24) is 14.9 Å². The highest BCUT2D eigenvalue weighted by Gasteiger charge is 2.25. The minimum atomic E-state index is 0.223. The predicted molar refractivity (Wildman–Crippen MR) is 102 cm³/mol. The summed E-state index contributed by atoms with van der Waals surface area (Å²) in [6.07, 6.45) is 0.515. The second kappa shape index (κ2) is 7.52. The Balaban J connectivity index is 1.69. The van der Waals surface area contributed by atoms with Crippen LogP contribution >= 0.6 is 11.3 Å². The Hall–Kier alpha value is -1.95. The van der Waals surface area contributed by atoms with Crippen LogP contribution in [0.25, 0.3) is 0 Å². The van der Waals surface area contributed by atoms with Crippen molar-refractivity contribution in [3.8, 4) is 0 Å². The van der Waals surface area contributed by atoms with E-state index in [9.17, 15) is 4.79 Å². The van der Waals surface area contributed by atoms with E-state index in [1.165, 1.54) is 5.56 Å². The number of hydrogen-bond acceptors (Lipinski definition) is 5. The van der Waals surface area contributed by atoms with E-state index < -0.39 is 0 Å². The van der Waals surface area contributed by atoms with Crippen molar-refractivity contribution in [3.05, 3.63) is 39.5 Å². The van der Waals surface area contributed by atoms with Gasteiger partial charge in [-0.05, 0) is 31.2 Å².